The van der Waals surface area contributed by atoms with Gasteiger partial charge in [0.15, 0.2) is 5.76 Å². The predicted molar refractivity (Wildman–Crippen MR) is 104 cm³/mol. The molecule has 5 heteroatoms. The molecule has 1 unspecified atom stereocenters. The number of aryl methyl sites for hydroxylation is 1. The van der Waals surface area contributed by atoms with Crippen LogP contribution in [0.5, 0.6) is 0 Å². The minimum Gasteiger partial charge on any atom is -0.459 e. The number of imidazole rings is 1. The molecule has 0 N–H and O–H groups in total. The zero-order valence-electron chi connectivity index (χ0n) is 15.7. The number of carbonyl (C=O) groups excluding carboxylic acids is 1. The van der Waals surface area contributed by atoms with Crippen LogP contribution < -0.4 is 0 Å². The quantitative estimate of drug-likeness (QED) is 0.690. The van der Waals surface area contributed by atoms with E-state index in [0.717, 1.165) is 44.7 Å². The van der Waals surface area contributed by atoms with E-state index < -0.39 is 0 Å². The van der Waals surface area contributed by atoms with Gasteiger partial charge in [-0.2, -0.15) is 0 Å². The zero-order valence-corrected chi connectivity index (χ0v) is 15.7. The molecule has 27 heavy (non-hydrogen) atoms. The molecule has 1 fully saturated rings. The second kappa shape index (κ2) is 7.82. The fourth-order valence-corrected chi connectivity index (χ4v) is 3.89. The molecular formula is C22H25N3O2. The average Bonchev–Trinajstić information content (AvgIpc) is 3.35. The Hall–Kier alpha value is -2.82. The van der Waals surface area contributed by atoms with E-state index in [4.69, 9.17) is 4.42 Å². The average molecular weight is 363 g/mol. The van der Waals surface area contributed by atoms with Gasteiger partial charge in [-0.3, -0.25) is 4.79 Å². The molecule has 0 spiro atoms. The first-order chi connectivity index (χ1) is 13.2. The lowest BCUT2D eigenvalue weighted by atomic mass is 9.94. The first-order valence-electron chi connectivity index (χ1n) is 9.58. The van der Waals surface area contributed by atoms with Crippen LogP contribution in [0, 0.1) is 12.8 Å². The maximum atomic E-state index is 12.6. The fourth-order valence-electron chi connectivity index (χ4n) is 3.89. The van der Waals surface area contributed by atoms with Crippen LogP contribution >= 0.6 is 0 Å². The van der Waals surface area contributed by atoms with Crippen molar-refractivity contribution < 1.29 is 9.21 Å². The van der Waals surface area contributed by atoms with Crippen molar-refractivity contribution in [3.8, 4) is 0 Å². The van der Waals surface area contributed by atoms with Gasteiger partial charge in [0.05, 0.1) is 6.26 Å². The highest BCUT2D eigenvalue weighted by atomic mass is 16.3. The summed E-state index contributed by atoms with van der Waals surface area (Å²) in [6, 6.07) is 14.0. The molecule has 1 aliphatic heterocycles. The Morgan fingerprint density at radius 1 is 1.22 bits per heavy atom. The number of amides is 1. The molecule has 0 radical (unpaired) electrons. The Morgan fingerprint density at radius 3 is 2.85 bits per heavy atom. The van der Waals surface area contributed by atoms with Crippen LogP contribution in [0.4, 0.5) is 0 Å². The van der Waals surface area contributed by atoms with Gasteiger partial charge in [0.25, 0.3) is 5.91 Å². The van der Waals surface area contributed by atoms with Crippen LogP contribution in [0.1, 0.15) is 40.5 Å². The topological polar surface area (TPSA) is 51.3 Å². The van der Waals surface area contributed by atoms with E-state index in [2.05, 4.69) is 40.7 Å². The Morgan fingerprint density at radius 2 is 2.07 bits per heavy atom. The Labute approximate surface area is 159 Å². The van der Waals surface area contributed by atoms with Gasteiger partial charge in [-0.15, -0.1) is 0 Å². The summed E-state index contributed by atoms with van der Waals surface area (Å²) in [5, 5.41) is 0. The molecule has 1 aromatic carbocycles. The number of hydrogen-bond donors (Lipinski definition) is 0. The van der Waals surface area contributed by atoms with E-state index in [-0.39, 0.29) is 5.91 Å². The summed E-state index contributed by atoms with van der Waals surface area (Å²) in [7, 11) is 0. The third-order valence-electron chi connectivity index (χ3n) is 5.33. The van der Waals surface area contributed by atoms with E-state index in [1.165, 1.54) is 11.3 Å². The van der Waals surface area contributed by atoms with Gasteiger partial charge in [0, 0.05) is 37.9 Å². The Kier molecular flexibility index (Phi) is 5.10. The molecule has 0 saturated carbocycles. The number of carbonyl (C=O) groups is 1. The highest BCUT2D eigenvalue weighted by Gasteiger charge is 2.27. The molecule has 140 valence electrons. The van der Waals surface area contributed by atoms with E-state index in [1.807, 2.05) is 17.2 Å². The minimum absolute atomic E-state index is 0.00601. The van der Waals surface area contributed by atoms with E-state index in [0.29, 0.717) is 11.7 Å². The van der Waals surface area contributed by atoms with E-state index in [9.17, 15) is 4.79 Å². The Bertz CT molecular complexity index is 884. The Balaban J connectivity index is 1.45. The number of benzene rings is 1. The largest absolute Gasteiger partial charge is 0.459 e. The van der Waals surface area contributed by atoms with Crippen molar-refractivity contribution in [2.75, 3.05) is 13.1 Å². The molecule has 1 saturated heterocycles. The lowest BCUT2D eigenvalue weighted by Crippen LogP contribution is -2.40. The number of hydrogen-bond acceptors (Lipinski definition) is 3. The first kappa shape index (κ1) is 17.6. The molecular weight excluding hydrogens is 338 g/mol. The molecule has 1 amide bonds. The number of aromatic nitrogens is 2. The van der Waals surface area contributed by atoms with Gasteiger partial charge in [0.2, 0.25) is 0 Å². The summed E-state index contributed by atoms with van der Waals surface area (Å²) in [5.74, 6) is 1.95. The number of nitrogens with zero attached hydrogens (tertiary/aromatic N) is 3. The van der Waals surface area contributed by atoms with Crippen LogP contribution in [0.3, 0.4) is 0 Å². The van der Waals surface area contributed by atoms with Gasteiger partial charge in [-0.1, -0.05) is 30.3 Å². The zero-order chi connectivity index (χ0) is 18.6. The van der Waals surface area contributed by atoms with Crippen molar-refractivity contribution in [3.05, 3.63) is 77.8 Å². The number of piperidine rings is 1. The van der Waals surface area contributed by atoms with Crippen molar-refractivity contribution in [2.24, 2.45) is 5.92 Å². The SMILES string of the molecule is Cc1cnc(CC2CCCN(C(=O)c3ccco3)C2)n1Cc1ccccc1. The van der Waals surface area contributed by atoms with E-state index in [1.54, 1.807) is 18.4 Å². The van der Waals surface area contributed by atoms with Crippen molar-refractivity contribution in [1.29, 1.82) is 0 Å². The molecule has 3 heterocycles. The second-order valence-electron chi connectivity index (χ2n) is 7.33. The van der Waals surface area contributed by atoms with Crippen LogP contribution in [0.25, 0.3) is 0 Å². The number of likely N-dealkylation sites (tertiary alicyclic amines) is 1. The van der Waals surface area contributed by atoms with Crippen LogP contribution in [-0.4, -0.2) is 33.4 Å². The smallest absolute Gasteiger partial charge is 0.289 e. The van der Waals surface area contributed by atoms with Crippen molar-refractivity contribution in [2.45, 2.75) is 32.7 Å². The van der Waals surface area contributed by atoms with Crippen molar-refractivity contribution in [1.82, 2.24) is 14.5 Å². The van der Waals surface area contributed by atoms with Crippen LogP contribution in [0.2, 0.25) is 0 Å². The maximum Gasteiger partial charge on any atom is 0.289 e. The summed E-state index contributed by atoms with van der Waals surface area (Å²) in [4.78, 5) is 19.2. The molecule has 4 rings (SSSR count). The molecule has 1 atom stereocenters. The number of furan rings is 1. The standard InChI is InChI=1S/C22H25N3O2/c1-17-14-23-21(25(17)16-18-7-3-2-4-8-18)13-19-9-5-11-24(15-19)22(26)20-10-6-12-27-20/h2-4,6-8,10,12,14,19H,5,9,11,13,15-16H2,1H3. The van der Waals surface area contributed by atoms with E-state index >= 15 is 0 Å². The van der Waals surface area contributed by atoms with Gasteiger partial charge in [-0.25, -0.2) is 4.98 Å². The second-order valence-corrected chi connectivity index (χ2v) is 7.33. The molecule has 0 aliphatic carbocycles. The monoisotopic (exact) mass is 363 g/mol. The van der Waals surface area contributed by atoms with Gasteiger partial charge in [-0.05, 0) is 43.4 Å². The molecule has 1 aliphatic rings. The third-order valence-corrected chi connectivity index (χ3v) is 5.33. The van der Waals surface area contributed by atoms with Crippen molar-refractivity contribution >= 4 is 5.91 Å². The van der Waals surface area contributed by atoms with Crippen LogP contribution in [-0.2, 0) is 13.0 Å². The summed E-state index contributed by atoms with van der Waals surface area (Å²) < 4.78 is 7.58. The van der Waals surface area contributed by atoms with Gasteiger partial charge in [0.1, 0.15) is 5.82 Å². The van der Waals surface area contributed by atoms with Crippen molar-refractivity contribution in [3.63, 3.8) is 0 Å². The molecule has 0 bridgehead atoms. The summed E-state index contributed by atoms with van der Waals surface area (Å²) in [6.07, 6.45) is 6.54. The lowest BCUT2D eigenvalue weighted by molar-refractivity contribution is 0.0639. The molecule has 3 aromatic rings. The molecule has 2 aromatic heterocycles. The third kappa shape index (κ3) is 3.97. The molecule has 5 nitrogen and oxygen atoms in total. The minimum atomic E-state index is -0.00601. The van der Waals surface area contributed by atoms with Gasteiger partial charge >= 0.3 is 0 Å². The normalized spacial score (nSPS) is 17.2. The summed E-state index contributed by atoms with van der Waals surface area (Å²) >= 11 is 0. The summed E-state index contributed by atoms with van der Waals surface area (Å²) in [5.41, 5.74) is 2.45. The maximum absolute atomic E-state index is 12.6. The summed E-state index contributed by atoms with van der Waals surface area (Å²) in [6.45, 7) is 4.50. The highest BCUT2D eigenvalue weighted by Crippen LogP contribution is 2.23. The predicted octanol–water partition coefficient (Wildman–Crippen LogP) is 3.93. The highest BCUT2D eigenvalue weighted by molar-refractivity contribution is 5.91. The number of rotatable bonds is 5. The fraction of sp³-hybridized carbons (Fsp3) is 0.364. The lowest BCUT2D eigenvalue weighted by Gasteiger charge is -2.32. The van der Waals surface area contributed by atoms with Gasteiger partial charge < -0.3 is 13.9 Å². The van der Waals surface area contributed by atoms with Crippen LogP contribution in [0.15, 0.2) is 59.3 Å². The first-order valence-corrected chi connectivity index (χ1v) is 9.58.